The second-order valence-corrected chi connectivity index (χ2v) is 8.97. The lowest BCUT2D eigenvalue weighted by molar-refractivity contribution is 0.102. The Morgan fingerprint density at radius 1 is 0.941 bits per heavy atom. The molecule has 0 bridgehead atoms. The summed E-state index contributed by atoms with van der Waals surface area (Å²) in [6.45, 7) is 7.18. The highest BCUT2D eigenvalue weighted by molar-refractivity contribution is 6.05. The van der Waals surface area contributed by atoms with Crippen molar-refractivity contribution in [1.29, 1.82) is 0 Å². The van der Waals surface area contributed by atoms with Crippen molar-refractivity contribution in [3.05, 3.63) is 89.7 Å². The van der Waals surface area contributed by atoms with Crippen LogP contribution >= 0.6 is 0 Å². The summed E-state index contributed by atoms with van der Waals surface area (Å²) in [4.78, 5) is 22.6. The predicted octanol–water partition coefficient (Wildman–Crippen LogP) is 4.50. The normalized spacial score (nSPS) is 14.5. The van der Waals surface area contributed by atoms with Crippen LogP contribution in [0.2, 0.25) is 0 Å². The maximum absolute atomic E-state index is 12.7. The summed E-state index contributed by atoms with van der Waals surface area (Å²) in [7, 11) is 2.07. The molecule has 1 aromatic heterocycles. The quantitative estimate of drug-likeness (QED) is 0.467. The Kier molecular flexibility index (Phi) is 6.32. The van der Waals surface area contributed by atoms with Crippen LogP contribution in [0.15, 0.2) is 72.8 Å². The number of carbonyl (C=O) groups excluding carboxylic acids is 1. The number of anilines is 2. The van der Waals surface area contributed by atoms with Crippen molar-refractivity contribution in [1.82, 2.24) is 14.5 Å². The number of fused-ring (bicyclic) bond motifs is 1. The van der Waals surface area contributed by atoms with Crippen molar-refractivity contribution >= 4 is 28.3 Å². The molecule has 1 amide bonds. The highest BCUT2D eigenvalue weighted by Gasteiger charge is 2.18. The molecule has 1 fully saturated rings. The number of para-hydroxylation sites is 1. The number of imidazole rings is 1. The van der Waals surface area contributed by atoms with Crippen molar-refractivity contribution in [2.75, 3.05) is 42.9 Å². The molecule has 0 saturated carbocycles. The molecule has 1 aliphatic heterocycles. The molecule has 0 aliphatic carbocycles. The van der Waals surface area contributed by atoms with Crippen LogP contribution in [-0.4, -0.2) is 53.1 Å². The molecular formula is C28H31N5O. The van der Waals surface area contributed by atoms with Gasteiger partial charge in [-0.3, -0.25) is 9.69 Å². The summed E-state index contributed by atoms with van der Waals surface area (Å²) in [6, 6.07) is 24.2. The Bertz CT molecular complexity index is 1290. The number of piperazine rings is 1. The molecule has 6 nitrogen and oxygen atoms in total. The van der Waals surface area contributed by atoms with Gasteiger partial charge in [0, 0.05) is 63.1 Å². The fourth-order valence-corrected chi connectivity index (χ4v) is 4.70. The molecule has 1 aliphatic rings. The van der Waals surface area contributed by atoms with Gasteiger partial charge in [-0.05, 0) is 48.9 Å². The highest BCUT2D eigenvalue weighted by Crippen LogP contribution is 2.22. The molecule has 1 N–H and O–H groups in total. The van der Waals surface area contributed by atoms with E-state index < -0.39 is 0 Å². The van der Waals surface area contributed by atoms with Crippen LogP contribution < -0.4 is 10.2 Å². The van der Waals surface area contributed by atoms with Gasteiger partial charge in [0.2, 0.25) is 0 Å². The average Bonchev–Trinajstić information content (AvgIpc) is 3.18. The van der Waals surface area contributed by atoms with Gasteiger partial charge in [-0.1, -0.05) is 36.4 Å². The lowest BCUT2D eigenvalue weighted by Gasteiger charge is -2.36. The largest absolute Gasteiger partial charge is 0.369 e. The van der Waals surface area contributed by atoms with Crippen LogP contribution in [0.25, 0.3) is 11.0 Å². The van der Waals surface area contributed by atoms with E-state index in [0.717, 1.165) is 67.3 Å². The fraction of sp³-hybridized carbons (Fsp3) is 0.286. The van der Waals surface area contributed by atoms with Crippen molar-refractivity contribution in [3.8, 4) is 0 Å². The first kappa shape index (κ1) is 22.2. The van der Waals surface area contributed by atoms with E-state index in [0.29, 0.717) is 5.56 Å². The zero-order chi connectivity index (χ0) is 23.5. The molecule has 3 aromatic carbocycles. The minimum atomic E-state index is -0.0942. The number of hydrogen-bond donors (Lipinski definition) is 1. The minimum absolute atomic E-state index is 0.0942. The number of carbonyl (C=O) groups is 1. The van der Waals surface area contributed by atoms with E-state index in [-0.39, 0.29) is 5.91 Å². The van der Waals surface area contributed by atoms with Gasteiger partial charge >= 0.3 is 0 Å². The number of aryl methyl sites for hydroxylation is 2. The number of hydrogen-bond acceptors (Lipinski definition) is 4. The predicted molar refractivity (Wildman–Crippen MR) is 139 cm³/mol. The third-order valence-corrected chi connectivity index (χ3v) is 6.77. The molecule has 5 rings (SSSR count). The lowest BCUT2D eigenvalue weighted by Crippen LogP contribution is -2.47. The molecule has 4 aromatic rings. The topological polar surface area (TPSA) is 53.4 Å². The molecule has 174 valence electrons. The molecule has 0 spiro atoms. The summed E-state index contributed by atoms with van der Waals surface area (Å²) in [5.41, 5.74) is 5.72. The molecular weight excluding hydrogens is 422 g/mol. The van der Waals surface area contributed by atoms with Gasteiger partial charge < -0.3 is 14.8 Å². The Morgan fingerprint density at radius 2 is 1.68 bits per heavy atom. The first-order valence-corrected chi connectivity index (χ1v) is 11.9. The molecule has 34 heavy (non-hydrogen) atoms. The number of nitrogens with one attached hydrogen (secondary N) is 1. The number of benzene rings is 3. The number of amides is 1. The maximum atomic E-state index is 12.7. The van der Waals surface area contributed by atoms with Gasteiger partial charge in [0.15, 0.2) is 0 Å². The van der Waals surface area contributed by atoms with Gasteiger partial charge in [-0.15, -0.1) is 0 Å². The third kappa shape index (κ3) is 4.68. The second kappa shape index (κ2) is 9.69. The van der Waals surface area contributed by atoms with Crippen molar-refractivity contribution < 1.29 is 4.79 Å². The summed E-state index contributed by atoms with van der Waals surface area (Å²) >= 11 is 0. The monoisotopic (exact) mass is 453 g/mol. The van der Waals surface area contributed by atoms with E-state index in [1.54, 1.807) is 0 Å². The highest BCUT2D eigenvalue weighted by atomic mass is 16.1. The van der Waals surface area contributed by atoms with Gasteiger partial charge in [0.25, 0.3) is 5.91 Å². The Hall–Kier alpha value is -3.64. The average molecular weight is 454 g/mol. The molecule has 0 atom stereocenters. The first-order valence-electron chi connectivity index (χ1n) is 11.9. The Labute approximate surface area is 200 Å². The van der Waals surface area contributed by atoms with E-state index in [9.17, 15) is 4.79 Å². The van der Waals surface area contributed by atoms with Gasteiger partial charge in [-0.2, -0.15) is 0 Å². The van der Waals surface area contributed by atoms with Gasteiger partial charge in [0.05, 0.1) is 11.0 Å². The smallest absolute Gasteiger partial charge is 0.255 e. The van der Waals surface area contributed by atoms with Crippen LogP contribution in [-0.2, 0) is 13.5 Å². The van der Waals surface area contributed by atoms with Gasteiger partial charge in [0.1, 0.15) is 5.82 Å². The van der Waals surface area contributed by atoms with Crippen LogP contribution in [0.1, 0.15) is 21.7 Å². The summed E-state index contributed by atoms with van der Waals surface area (Å²) < 4.78 is 2.17. The molecule has 1 saturated heterocycles. The number of nitrogens with zero attached hydrogens (tertiary/aromatic N) is 4. The molecule has 6 heteroatoms. The molecule has 0 radical (unpaired) electrons. The SMILES string of the molecule is Cc1ccccc1C(=O)Nc1ccc2c(c1)nc(CCN1CCN(c3ccccc3)CC1)n2C. The summed E-state index contributed by atoms with van der Waals surface area (Å²) in [6.07, 6.45) is 0.904. The van der Waals surface area contributed by atoms with Crippen molar-refractivity contribution in [2.24, 2.45) is 7.05 Å². The summed E-state index contributed by atoms with van der Waals surface area (Å²) in [5, 5.41) is 3.02. The van der Waals surface area contributed by atoms with Gasteiger partial charge in [-0.25, -0.2) is 4.98 Å². The van der Waals surface area contributed by atoms with E-state index in [1.165, 1.54) is 5.69 Å². The fourth-order valence-electron chi connectivity index (χ4n) is 4.70. The van der Waals surface area contributed by atoms with Crippen LogP contribution in [0.4, 0.5) is 11.4 Å². The van der Waals surface area contributed by atoms with Crippen LogP contribution in [0, 0.1) is 6.92 Å². The third-order valence-electron chi connectivity index (χ3n) is 6.77. The maximum Gasteiger partial charge on any atom is 0.255 e. The van der Waals surface area contributed by atoms with Crippen LogP contribution in [0.5, 0.6) is 0 Å². The summed E-state index contributed by atoms with van der Waals surface area (Å²) in [5.74, 6) is 0.978. The van der Waals surface area contributed by atoms with Crippen LogP contribution in [0.3, 0.4) is 0 Å². The molecule has 0 unspecified atom stereocenters. The first-order chi connectivity index (χ1) is 16.6. The van der Waals surface area contributed by atoms with E-state index >= 15 is 0 Å². The number of aromatic nitrogens is 2. The lowest BCUT2D eigenvalue weighted by atomic mass is 10.1. The Balaban J connectivity index is 1.21. The second-order valence-electron chi connectivity index (χ2n) is 8.97. The van der Waals surface area contributed by atoms with Crippen molar-refractivity contribution in [3.63, 3.8) is 0 Å². The zero-order valence-corrected chi connectivity index (χ0v) is 19.9. The van der Waals surface area contributed by atoms with E-state index in [1.807, 2.05) is 49.4 Å². The Morgan fingerprint density at radius 3 is 2.44 bits per heavy atom. The minimum Gasteiger partial charge on any atom is -0.369 e. The zero-order valence-electron chi connectivity index (χ0n) is 19.9. The standard InChI is InChI=1S/C28H31N5O/c1-21-8-6-7-11-24(21)28(34)29-22-12-13-26-25(20-22)30-27(31(26)2)14-15-32-16-18-33(19-17-32)23-9-4-3-5-10-23/h3-13,20H,14-19H2,1-2H3,(H,29,34). The molecule has 2 heterocycles. The van der Waals surface area contributed by atoms with Crippen molar-refractivity contribution in [2.45, 2.75) is 13.3 Å². The number of rotatable bonds is 6. The van der Waals surface area contributed by atoms with E-state index in [4.69, 9.17) is 4.98 Å². The van der Waals surface area contributed by atoms with E-state index in [2.05, 4.69) is 57.1 Å².